The first-order chi connectivity index (χ1) is 14.2. The monoisotopic (exact) mass is 414 g/mol. The van der Waals surface area contributed by atoms with E-state index >= 15 is 0 Å². The quantitative estimate of drug-likeness (QED) is 0.580. The summed E-state index contributed by atoms with van der Waals surface area (Å²) < 4.78 is 39.1. The van der Waals surface area contributed by atoms with E-state index in [2.05, 4.69) is 40.4 Å². The van der Waals surface area contributed by atoms with Gasteiger partial charge in [0.1, 0.15) is 17.1 Å². The largest absolute Gasteiger partial charge is 0.433 e. The number of hydrogen-bond acceptors (Lipinski definition) is 7. The molecule has 0 fully saturated rings. The second kappa shape index (κ2) is 8.69. The van der Waals surface area contributed by atoms with Gasteiger partial charge in [0, 0.05) is 17.9 Å². The summed E-state index contributed by atoms with van der Waals surface area (Å²) in [6, 6.07) is 6.83. The van der Waals surface area contributed by atoms with Crippen LogP contribution in [0.1, 0.15) is 25.2 Å². The molecule has 11 heteroatoms. The molecule has 30 heavy (non-hydrogen) atoms. The summed E-state index contributed by atoms with van der Waals surface area (Å²) in [5, 5.41) is 5.99. The lowest BCUT2D eigenvalue weighted by atomic mass is 10.3. The van der Waals surface area contributed by atoms with Crippen molar-refractivity contribution in [3.63, 3.8) is 0 Å². The highest BCUT2D eigenvalue weighted by molar-refractivity contribution is 5.59. The van der Waals surface area contributed by atoms with Crippen molar-refractivity contribution in [2.75, 3.05) is 10.6 Å². The van der Waals surface area contributed by atoms with Gasteiger partial charge in [-0.2, -0.15) is 28.1 Å². The fourth-order valence-electron chi connectivity index (χ4n) is 2.44. The molecule has 0 aliphatic heterocycles. The van der Waals surface area contributed by atoms with E-state index in [9.17, 15) is 13.2 Å². The molecule has 154 valence electrons. The summed E-state index contributed by atoms with van der Waals surface area (Å²) in [6.45, 7) is 10.8. The zero-order valence-electron chi connectivity index (χ0n) is 16.1. The molecule has 8 nitrogen and oxygen atoms in total. The molecule has 0 aromatic carbocycles. The molecule has 0 unspecified atom stereocenters. The van der Waals surface area contributed by atoms with Gasteiger partial charge in [-0.25, -0.2) is 11.6 Å². The highest BCUT2D eigenvalue weighted by Gasteiger charge is 2.32. The van der Waals surface area contributed by atoms with Crippen molar-refractivity contribution in [3.05, 3.63) is 59.3 Å². The minimum Gasteiger partial charge on any atom is -0.352 e. The molecule has 0 aliphatic rings. The molecule has 0 amide bonds. The molecular weight excluding hydrogens is 397 g/mol. The Balaban J connectivity index is 2.01. The van der Waals surface area contributed by atoms with Crippen LogP contribution in [0.2, 0.25) is 0 Å². The van der Waals surface area contributed by atoms with Crippen LogP contribution in [0.3, 0.4) is 0 Å². The van der Waals surface area contributed by atoms with Crippen molar-refractivity contribution in [2.45, 2.75) is 32.6 Å². The van der Waals surface area contributed by atoms with E-state index in [0.29, 0.717) is 11.4 Å². The molecular formula is C19H17F3N8. The van der Waals surface area contributed by atoms with Gasteiger partial charge in [0.05, 0.1) is 0 Å². The van der Waals surface area contributed by atoms with Crippen LogP contribution in [0.4, 0.5) is 30.8 Å². The summed E-state index contributed by atoms with van der Waals surface area (Å²) in [6.07, 6.45) is -3.05. The Labute approximate surface area is 170 Å². The van der Waals surface area contributed by atoms with Gasteiger partial charge in [-0.05, 0) is 38.1 Å². The molecule has 3 aromatic rings. The number of alkyl halides is 3. The summed E-state index contributed by atoms with van der Waals surface area (Å²) in [7, 11) is 0. The van der Waals surface area contributed by atoms with E-state index in [1.807, 2.05) is 13.8 Å². The SMILES string of the molecule is [C-]#[N+]Cc1cc(Nc2nc(NC(C)C)nc(-c3cccc(C(F)(F)F)n3)n2)ccn1. The first-order valence-corrected chi connectivity index (χ1v) is 8.87. The van der Waals surface area contributed by atoms with Crippen molar-refractivity contribution >= 4 is 17.6 Å². The summed E-state index contributed by atoms with van der Waals surface area (Å²) in [4.78, 5) is 23.7. The highest BCUT2D eigenvalue weighted by atomic mass is 19.4. The van der Waals surface area contributed by atoms with Crippen molar-refractivity contribution in [3.8, 4) is 11.5 Å². The molecule has 0 spiro atoms. The van der Waals surface area contributed by atoms with Crippen LogP contribution in [0.15, 0.2) is 36.5 Å². The predicted octanol–water partition coefficient (Wildman–Crippen LogP) is 4.33. The number of halogens is 3. The molecule has 0 aliphatic carbocycles. The Morgan fingerprint density at radius 3 is 2.53 bits per heavy atom. The first-order valence-electron chi connectivity index (χ1n) is 8.87. The van der Waals surface area contributed by atoms with Crippen molar-refractivity contribution < 1.29 is 13.2 Å². The van der Waals surface area contributed by atoms with Crippen LogP contribution in [0.25, 0.3) is 16.4 Å². The molecule has 0 atom stereocenters. The Hall–Kier alpha value is -3.81. The molecule has 0 saturated carbocycles. The second-order valence-corrected chi connectivity index (χ2v) is 6.49. The van der Waals surface area contributed by atoms with Crippen molar-refractivity contribution in [1.29, 1.82) is 0 Å². The average Bonchev–Trinajstić information content (AvgIpc) is 2.67. The molecule has 0 bridgehead atoms. The maximum absolute atomic E-state index is 13.0. The van der Waals surface area contributed by atoms with E-state index in [1.54, 1.807) is 12.1 Å². The number of hydrogen-bond donors (Lipinski definition) is 2. The van der Waals surface area contributed by atoms with Crippen molar-refractivity contribution in [2.24, 2.45) is 0 Å². The van der Waals surface area contributed by atoms with Crippen LogP contribution in [0, 0.1) is 6.57 Å². The molecule has 0 radical (unpaired) electrons. The van der Waals surface area contributed by atoms with Gasteiger partial charge in [-0.1, -0.05) is 6.07 Å². The van der Waals surface area contributed by atoms with Crippen LogP contribution in [0.5, 0.6) is 0 Å². The second-order valence-electron chi connectivity index (χ2n) is 6.49. The van der Waals surface area contributed by atoms with Crippen LogP contribution >= 0.6 is 0 Å². The smallest absolute Gasteiger partial charge is 0.352 e. The van der Waals surface area contributed by atoms with Crippen LogP contribution in [-0.4, -0.2) is 31.0 Å². The van der Waals surface area contributed by atoms with Gasteiger partial charge in [0.2, 0.25) is 11.9 Å². The Kier molecular flexibility index (Phi) is 6.06. The average molecular weight is 414 g/mol. The third-order valence-electron chi connectivity index (χ3n) is 3.64. The van der Waals surface area contributed by atoms with E-state index in [1.165, 1.54) is 18.3 Å². The van der Waals surface area contributed by atoms with Gasteiger partial charge < -0.3 is 15.5 Å². The fraction of sp³-hybridized carbons (Fsp3) is 0.263. The molecule has 3 heterocycles. The Morgan fingerprint density at radius 1 is 1.07 bits per heavy atom. The Morgan fingerprint density at radius 2 is 1.83 bits per heavy atom. The van der Waals surface area contributed by atoms with E-state index in [0.717, 1.165) is 6.07 Å². The van der Waals surface area contributed by atoms with Gasteiger partial charge in [0.25, 0.3) is 6.54 Å². The van der Waals surface area contributed by atoms with Crippen molar-refractivity contribution in [1.82, 2.24) is 24.9 Å². The number of nitrogens with zero attached hydrogens (tertiary/aromatic N) is 6. The lowest BCUT2D eigenvalue weighted by Crippen LogP contribution is -2.15. The summed E-state index contributed by atoms with van der Waals surface area (Å²) in [5.74, 6) is 0.284. The fourth-order valence-corrected chi connectivity index (χ4v) is 2.44. The van der Waals surface area contributed by atoms with E-state index in [-0.39, 0.29) is 36.0 Å². The number of aromatic nitrogens is 5. The third kappa shape index (κ3) is 5.38. The van der Waals surface area contributed by atoms with E-state index < -0.39 is 11.9 Å². The first kappa shape index (κ1) is 20.9. The molecule has 3 rings (SSSR count). The van der Waals surface area contributed by atoms with E-state index in [4.69, 9.17) is 6.57 Å². The number of pyridine rings is 2. The maximum Gasteiger partial charge on any atom is 0.433 e. The zero-order valence-corrected chi connectivity index (χ0v) is 16.1. The predicted molar refractivity (Wildman–Crippen MR) is 105 cm³/mol. The van der Waals surface area contributed by atoms with Gasteiger partial charge >= 0.3 is 6.18 Å². The van der Waals surface area contributed by atoms with Crippen LogP contribution in [-0.2, 0) is 12.7 Å². The third-order valence-corrected chi connectivity index (χ3v) is 3.64. The molecule has 3 aromatic heterocycles. The topological polar surface area (TPSA) is 92.9 Å². The minimum atomic E-state index is -4.58. The van der Waals surface area contributed by atoms with Gasteiger partial charge in [-0.15, -0.1) is 0 Å². The lowest BCUT2D eigenvalue weighted by Gasteiger charge is -2.13. The lowest BCUT2D eigenvalue weighted by molar-refractivity contribution is -0.141. The summed E-state index contributed by atoms with van der Waals surface area (Å²) >= 11 is 0. The summed E-state index contributed by atoms with van der Waals surface area (Å²) in [5.41, 5.74) is 0.0642. The molecule has 2 N–H and O–H groups in total. The normalized spacial score (nSPS) is 11.2. The maximum atomic E-state index is 13.0. The number of anilines is 3. The standard InChI is InChI=1S/C19H17F3N8/c1-11(2)25-17-28-16(14-5-4-6-15(27-14)19(20,21)22)29-18(30-17)26-12-7-8-24-13(9-12)10-23-3/h4-9,11H,10H2,1-2H3,(H2,24,25,26,28,29,30). The Bertz CT molecular complexity index is 1080. The number of rotatable bonds is 6. The number of nitrogens with one attached hydrogen (secondary N) is 2. The van der Waals surface area contributed by atoms with Gasteiger partial charge in [0.15, 0.2) is 5.82 Å². The van der Waals surface area contributed by atoms with Crippen LogP contribution < -0.4 is 10.6 Å². The van der Waals surface area contributed by atoms with Gasteiger partial charge in [-0.3, -0.25) is 4.98 Å². The zero-order chi connectivity index (χ0) is 21.7. The minimum absolute atomic E-state index is 0.0165. The highest BCUT2D eigenvalue weighted by Crippen LogP contribution is 2.29. The molecule has 0 saturated heterocycles.